The molecule has 5 heteroatoms. The van der Waals surface area contributed by atoms with E-state index in [0.717, 1.165) is 40.0 Å². The predicted molar refractivity (Wildman–Crippen MR) is 77.9 cm³/mol. The van der Waals surface area contributed by atoms with Crippen LogP contribution in [0.15, 0.2) is 36.5 Å². The van der Waals surface area contributed by atoms with Crippen LogP contribution in [0.4, 0.5) is 5.69 Å². The Kier molecular flexibility index (Phi) is 3.26. The molecule has 0 aliphatic heterocycles. The SMILES string of the molecule is CCc1cc(-c2n[n]([Tl])c3ccc(N)cc23)ccn1. The Labute approximate surface area is 127 Å². The molecule has 0 radical (unpaired) electrons. The zero-order valence-electron chi connectivity index (χ0n) is 10.7. The first-order chi connectivity index (χ1) is 9.19. The molecule has 19 heavy (non-hydrogen) atoms. The molecule has 2 N–H and O–H groups in total. The summed E-state index contributed by atoms with van der Waals surface area (Å²) in [5.41, 5.74) is 11.0. The molecule has 0 bridgehead atoms. The predicted octanol–water partition coefficient (Wildman–Crippen LogP) is 2.17. The quantitative estimate of drug-likeness (QED) is 0.490. The number of nitrogens with two attached hydrogens (primary N) is 1. The van der Waals surface area contributed by atoms with Crippen molar-refractivity contribution >= 4 is 42.7 Å². The first-order valence-corrected chi connectivity index (χ1v) is 8.18. The van der Waals surface area contributed by atoms with Crippen molar-refractivity contribution in [3.8, 4) is 11.3 Å². The van der Waals surface area contributed by atoms with Gasteiger partial charge in [-0.15, -0.1) is 0 Å². The van der Waals surface area contributed by atoms with Crippen molar-refractivity contribution < 1.29 is 0 Å². The Bertz CT molecular complexity index is 748. The number of aryl methyl sites for hydroxylation is 1. The molecule has 0 saturated heterocycles. The molecule has 0 saturated carbocycles. The second kappa shape index (κ2) is 4.92. The maximum atomic E-state index is 5.90. The zero-order valence-corrected chi connectivity index (χ0v) is 15.2. The third-order valence-electron chi connectivity index (χ3n) is 3.18. The van der Waals surface area contributed by atoms with Gasteiger partial charge in [-0.2, -0.15) is 0 Å². The van der Waals surface area contributed by atoms with E-state index in [2.05, 4.69) is 25.6 Å². The Balaban J connectivity index is 2.26. The Morgan fingerprint density at radius 1 is 1.26 bits per heavy atom. The molecule has 0 fully saturated rings. The van der Waals surface area contributed by atoms with Gasteiger partial charge in [-0.1, -0.05) is 0 Å². The molecule has 0 aliphatic rings. The van der Waals surface area contributed by atoms with E-state index in [9.17, 15) is 0 Å². The van der Waals surface area contributed by atoms with Gasteiger partial charge < -0.3 is 0 Å². The number of nitrogen functional groups attached to an aromatic ring is 1. The molecule has 0 atom stereocenters. The minimum atomic E-state index is 0.636. The fourth-order valence-corrected chi connectivity index (χ4v) is 3.51. The van der Waals surface area contributed by atoms with Crippen LogP contribution in [0.25, 0.3) is 22.2 Å². The number of hydrogen-bond acceptors (Lipinski definition) is 3. The van der Waals surface area contributed by atoms with E-state index in [1.54, 1.807) is 0 Å². The van der Waals surface area contributed by atoms with Gasteiger partial charge in [0.15, 0.2) is 0 Å². The van der Waals surface area contributed by atoms with Crippen LogP contribution < -0.4 is 5.73 Å². The molecule has 0 aliphatic carbocycles. The van der Waals surface area contributed by atoms with E-state index in [0.29, 0.717) is 26.1 Å². The van der Waals surface area contributed by atoms with Gasteiger partial charge in [-0.3, -0.25) is 0 Å². The normalized spacial score (nSPS) is 10.9. The average Bonchev–Trinajstić information content (AvgIpc) is 2.75. The number of hydrogen-bond donors (Lipinski definition) is 1. The van der Waals surface area contributed by atoms with Crippen molar-refractivity contribution in [1.29, 1.82) is 0 Å². The fourth-order valence-electron chi connectivity index (χ4n) is 2.19. The maximum absolute atomic E-state index is 5.90. The van der Waals surface area contributed by atoms with E-state index >= 15 is 0 Å². The number of aromatic nitrogens is 3. The molecule has 0 amide bonds. The van der Waals surface area contributed by atoms with E-state index < -0.39 is 0 Å². The molecule has 92 valence electrons. The van der Waals surface area contributed by atoms with E-state index in [1.807, 2.05) is 30.5 Å². The fraction of sp³-hybridized carbons (Fsp3) is 0.143. The Morgan fingerprint density at radius 2 is 2.11 bits per heavy atom. The van der Waals surface area contributed by atoms with Crippen molar-refractivity contribution in [2.75, 3.05) is 5.73 Å². The van der Waals surface area contributed by atoms with Gasteiger partial charge >= 0.3 is 128 Å². The van der Waals surface area contributed by atoms with Crippen molar-refractivity contribution in [3.63, 3.8) is 0 Å². The van der Waals surface area contributed by atoms with Crippen LogP contribution in [0.5, 0.6) is 0 Å². The summed E-state index contributed by atoms with van der Waals surface area (Å²) in [4.78, 5) is 4.34. The van der Waals surface area contributed by atoms with Crippen molar-refractivity contribution in [2.24, 2.45) is 0 Å². The molecular weight excluding hydrogens is 429 g/mol. The summed E-state index contributed by atoms with van der Waals surface area (Å²) in [6.45, 7) is 2.11. The van der Waals surface area contributed by atoms with Crippen molar-refractivity contribution in [3.05, 3.63) is 42.2 Å². The molecule has 3 rings (SSSR count). The molecule has 3 aromatic rings. The molecule has 0 unspecified atom stereocenters. The molecule has 1 aromatic carbocycles. The van der Waals surface area contributed by atoms with Crippen LogP contribution in [0.1, 0.15) is 12.6 Å². The molecule has 4 nitrogen and oxygen atoms in total. The first kappa shape index (κ1) is 12.6. The summed E-state index contributed by atoms with van der Waals surface area (Å²) in [6, 6.07) is 10.1. The van der Waals surface area contributed by atoms with Crippen LogP contribution in [0, 0.1) is 0 Å². The average molecular weight is 442 g/mol. The molecule has 2 aromatic heterocycles. The summed E-state index contributed by atoms with van der Waals surface area (Å²) < 4.78 is 2.05. The summed E-state index contributed by atoms with van der Waals surface area (Å²) in [7, 11) is 0. The first-order valence-electron chi connectivity index (χ1n) is 6.17. The number of rotatable bonds is 2. The van der Waals surface area contributed by atoms with E-state index in [-0.39, 0.29) is 0 Å². The summed E-state index contributed by atoms with van der Waals surface area (Å²) >= 11 is 0.636. The zero-order chi connectivity index (χ0) is 13.4. The second-order valence-electron chi connectivity index (χ2n) is 4.46. The van der Waals surface area contributed by atoms with Gasteiger partial charge in [0.2, 0.25) is 0 Å². The van der Waals surface area contributed by atoms with Crippen LogP contribution in [-0.2, 0) is 6.42 Å². The number of pyridine rings is 1. The minimum absolute atomic E-state index is 0.636. The standard InChI is InChI=1S/C14H13N4.Tl/c1-2-11-7-9(5-6-16-11)14-12-8-10(15)3-4-13(12)17-18-14;/h3-8H,2,15H2,1H3;/q-1;+1. The van der Waals surface area contributed by atoms with Crippen LogP contribution >= 0.6 is 0 Å². The van der Waals surface area contributed by atoms with Crippen LogP contribution in [-0.4, -0.2) is 38.6 Å². The van der Waals surface area contributed by atoms with Crippen molar-refractivity contribution in [2.45, 2.75) is 13.3 Å². The van der Waals surface area contributed by atoms with Gasteiger partial charge in [0, 0.05) is 0 Å². The van der Waals surface area contributed by atoms with Gasteiger partial charge in [0.05, 0.1) is 0 Å². The Morgan fingerprint density at radius 3 is 2.89 bits per heavy atom. The van der Waals surface area contributed by atoms with Crippen LogP contribution in [0.3, 0.4) is 0 Å². The number of fused-ring (bicyclic) bond motifs is 1. The molecular formula is C14H13N4Tl. The van der Waals surface area contributed by atoms with Gasteiger partial charge in [0.25, 0.3) is 0 Å². The third kappa shape index (κ3) is 2.24. The van der Waals surface area contributed by atoms with Gasteiger partial charge in [-0.05, 0) is 0 Å². The number of anilines is 1. The number of nitrogens with zero attached hydrogens (tertiary/aromatic N) is 3. The van der Waals surface area contributed by atoms with Crippen LogP contribution in [0.2, 0.25) is 0 Å². The Hall–Kier alpha value is -1.44. The van der Waals surface area contributed by atoms with E-state index in [1.165, 1.54) is 0 Å². The second-order valence-corrected chi connectivity index (χ2v) is 6.36. The van der Waals surface area contributed by atoms with E-state index in [4.69, 9.17) is 5.73 Å². The summed E-state index contributed by atoms with van der Waals surface area (Å²) in [6.07, 6.45) is 2.78. The molecule has 2 heterocycles. The molecule has 0 spiro atoms. The summed E-state index contributed by atoms with van der Waals surface area (Å²) in [5, 5.41) is 5.80. The monoisotopic (exact) mass is 442 g/mol. The van der Waals surface area contributed by atoms with Gasteiger partial charge in [0.1, 0.15) is 0 Å². The number of benzene rings is 1. The van der Waals surface area contributed by atoms with Gasteiger partial charge in [-0.25, -0.2) is 0 Å². The van der Waals surface area contributed by atoms with Crippen molar-refractivity contribution in [1.82, 2.24) is 12.6 Å². The topological polar surface area (TPSA) is 56.7 Å². The third-order valence-corrected chi connectivity index (χ3v) is 4.71. The summed E-state index contributed by atoms with van der Waals surface area (Å²) in [5.74, 6) is 0.